The summed E-state index contributed by atoms with van der Waals surface area (Å²) < 4.78 is 6.25. The van der Waals surface area contributed by atoms with Crippen LogP contribution in [0.1, 0.15) is 65.7 Å². The second-order valence-corrected chi connectivity index (χ2v) is 11.8. The Morgan fingerprint density at radius 1 is 1.20 bits per heavy atom. The zero-order valence-corrected chi connectivity index (χ0v) is 17.3. The Bertz CT molecular complexity index is 633. The van der Waals surface area contributed by atoms with Crippen molar-refractivity contribution < 1.29 is 14.6 Å². The predicted octanol–water partition coefficient (Wildman–Crippen LogP) is 4.10. The molecule has 140 valence electrons. The SMILES string of the molecule is C[C@@H]1CC(=O)C[C@]2(Br)[C@H]3C[C@@H]4[C@H](CC[C@@]5(C)[C@H]4CC[C@]5(C)O)[C@@]12CO3. The summed E-state index contributed by atoms with van der Waals surface area (Å²) in [6, 6.07) is 0. The van der Waals surface area contributed by atoms with Crippen LogP contribution in [0.5, 0.6) is 0 Å². The number of aliphatic hydroxyl groups is 1. The molecule has 0 amide bonds. The fraction of sp³-hybridized carbons (Fsp3) is 0.952. The lowest BCUT2D eigenvalue weighted by Crippen LogP contribution is -2.66. The zero-order valence-electron chi connectivity index (χ0n) is 15.7. The zero-order chi connectivity index (χ0) is 17.8. The number of hydrogen-bond acceptors (Lipinski definition) is 3. The first-order chi connectivity index (χ1) is 11.7. The summed E-state index contributed by atoms with van der Waals surface area (Å²) in [5.41, 5.74) is -0.383. The van der Waals surface area contributed by atoms with E-state index in [1.165, 1.54) is 6.42 Å². The Kier molecular flexibility index (Phi) is 3.38. The van der Waals surface area contributed by atoms with Crippen molar-refractivity contribution in [1.82, 2.24) is 0 Å². The van der Waals surface area contributed by atoms with Crippen molar-refractivity contribution in [3.63, 3.8) is 0 Å². The van der Waals surface area contributed by atoms with Crippen LogP contribution in [0.2, 0.25) is 0 Å². The monoisotopic (exact) mass is 410 g/mol. The van der Waals surface area contributed by atoms with E-state index in [2.05, 4.69) is 36.7 Å². The van der Waals surface area contributed by atoms with Crippen LogP contribution < -0.4 is 0 Å². The molecule has 1 heterocycles. The minimum absolute atomic E-state index is 0.0459. The van der Waals surface area contributed by atoms with Crippen molar-refractivity contribution in [1.29, 1.82) is 0 Å². The van der Waals surface area contributed by atoms with Crippen LogP contribution in [-0.4, -0.2) is 33.5 Å². The van der Waals surface area contributed by atoms with Gasteiger partial charge in [0, 0.05) is 18.3 Å². The maximum absolute atomic E-state index is 12.4. The van der Waals surface area contributed by atoms with Gasteiger partial charge in [0.15, 0.2) is 0 Å². The number of rotatable bonds is 0. The number of fused-ring (bicyclic) bond motifs is 3. The number of hydrogen-bond donors (Lipinski definition) is 1. The van der Waals surface area contributed by atoms with Crippen molar-refractivity contribution in [2.24, 2.45) is 34.5 Å². The highest BCUT2D eigenvalue weighted by Crippen LogP contribution is 2.73. The summed E-state index contributed by atoms with van der Waals surface area (Å²) in [5, 5.41) is 11.1. The highest BCUT2D eigenvalue weighted by Gasteiger charge is 2.74. The molecule has 4 heteroatoms. The number of carbonyl (C=O) groups excluding carboxylic acids is 1. The van der Waals surface area contributed by atoms with Crippen molar-refractivity contribution in [3.8, 4) is 0 Å². The van der Waals surface area contributed by atoms with Gasteiger partial charge in [-0.25, -0.2) is 0 Å². The van der Waals surface area contributed by atoms with Crippen LogP contribution in [-0.2, 0) is 9.53 Å². The summed E-state index contributed by atoms with van der Waals surface area (Å²) in [4.78, 5) is 12.4. The van der Waals surface area contributed by atoms with E-state index in [0.717, 1.165) is 32.3 Å². The average Bonchev–Trinajstić information content (AvgIpc) is 2.85. The highest BCUT2D eigenvalue weighted by atomic mass is 79.9. The van der Waals surface area contributed by atoms with Gasteiger partial charge >= 0.3 is 0 Å². The minimum atomic E-state index is -0.530. The van der Waals surface area contributed by atoms with E-state index in [1.54, 1.807) is 0 Å². The number of carbonyl (C=O) groups is 1. The number of halogens is 1. The second kappa shape index (κ2) is 4.91. The van der Waals surface area contributed by atoms with Crippen LogP contribution in [0, 0.1) is 34.5 Å². The third-order valence-electron chi connectivity index (χ3n) is 9.82. The van der Waals surface area contributed by atoms with Gasteiger partial charge in [0.1, 0.15) is 5.78 Å². The molecule has 0 aromatic rings. The van der Waals surface area contributed by atoms with E-state index in [1.807, 2.05) is 0 Å². The maximum Gasteiger partial charge on any atom is 0.134 e. The molecule has 25 heavy (non-hydrogen) atoms. The quantitative estimate of drug-likeness (QED) is 0.611. The molecule has 9 atom stereocenters. The molecule has 4 aliphatic carbocycles. The molecule has 0 aromatic carbocycles. The molecular weight excluding hydrogens is 380 g/mol. The minimum Gasteiger partial charge on any atom is -0.390 e. The number of alkyl halides is 1. The van der Waals surface area contributed by atoms with Gasteiger partial charge in [-0.1, -0.05) is 29.8 Å². The molecule has 0 radical (unpaired) electrons. The molecule has 5 aliphatic rings. The topological polar surface area (TPSA) is 46.5 Å². The van der Waals surface area contributed by atoms with Crippen LogP contribution in [0.3, 0.4) is 0 Å². The standard InChI is InChI=1S/C21H31BrO3/c1-12-8-13(23)10-21(22)17-9-14-15-5-7-19(3,24)18(15,2)6-4-16(14)20(12,21)11-25-17/h12,14-17,24H,4-11H2,1-3H3/t12-,14+,15+,16+,17-,18+,19+,20-,21+/m1/s1. The van der Waals surface area contributed by atoms with Crippen LogP contribution in [0.25, 0.3) is 0 Å². The fourth-order valence-corrected chi connectivity index (χ4v) is 9.72. The molecule has 5 fully saturated rings. The van der Waals surface area contributed by atoms with Gasteiger partial charge in [-0.3, -0.25) is 4.79 Å². The van der Waals surface area contributed by atoms with E-state index in [-0.39, 0.29) is 21.3 Å². The van der Waals surface area contributed by atoms with E-state index in [4.69, 9.17) is 4.74 Å². The van der Waals surface area contributed by atoms with Gasteiger partial charge in [0.25, 0.3) is 0 Å². The van der Waals surface area contributed by atoms with E-state index < -0.39 is 5.60 Å². The summed E-state index contributed by atoms with van der Waals surface area (Å²) in [5.74, 6) is 2.65. The summed E-state index contributed by atoms with van der Waals surface area (Å²) in [6.07, 6.45) is 6.95. The number of ether oxygens (including phenoxy) is 1. The average molecular weight is 411 g/mol. The Morgan fingerprint density at radius 3 is 2.68 bits per heavy atom. The van der Waals surface area contributed by atoms with Gasteiger partial charge in [-0.05, 0) is 68.1 Å². The molecule has 1 saturated heterocycles. The van der Waals surface area contributed by atoms with Crippen molar-refractivity contribution in [3.05, 3.63) is 0 Å². The molecule has 1 N–H and O–H groups in total. The molecule has 4 saturated carbocycles. The first-order valence-electron chi connectivity index (χ1n) is 10.2. The highest BCUT2D eigenvalue weighted by molar-refractivity contribution is 9.10. The Balaban J connectivity index is 1.59. The Labute approximate surface area is 159 Å². The third kappa shape index (κ3) is 1.78. The first-order valence-corrected chi connectivity index (χ1v) is 11.0. The largest absolute Gasteiger partial charge is 0.390 e. The van der Waals surface area contributed by atoms with Crippen molar-refractivity contribution >= 4 is 21.7 Å². The molecule has 0 aromatic heterocycles. The van der Waals surface area contributed by atoms with Gasteiger partial charge in [0.2, 0.25) is 0 Å². The second-order valence-electron chi connectivity index (χ2n) is 10.4. The molecule has 5 rings (SSSR count). The molecule has 1 aliphatic heterocycles. The molecule has 2 bridgehead atoms. The number of ketones is 1. The van der Waals surface area contributed by atoms with Crippen LogP contribution in [0.15, 0.2) is 0 Å². The lowest BCUT2D eigenvalue weighted by atomic mass is 9.42. The fourth-order valence-electron chi connectivity index (χ4n) is 8.29. The van der Waals surface area contributed by atoms with Gasteiger partial charge in [-0.15, -0.1) is 0 Å². The van der Waals surface area contributed by atoms with Gasteiger partial charge in [0.05, 0.1) is 22.6 Å². The molecule has 3 nitrogen and oxygen atoms in total. The van der Waals surface area contributed by atoms with E-state index in [0.29, 0.717) is 42.3 Å². The number of Topliss-reactive ketones (excluding diaryl/α,β-unsaturated/α-hetero) is 1. The predicted molar refractivity (Wildman–Crippen MR) is 99.5 cm³/mol. The smallest absolute Gasteiger partial charge is 0.134 e. The van der Waals surface area contributed by atoms with Crippen molar-refractivity contribution in [2.45, 2.75) is 81.7 Å². The summed E-state index contributed by atoms with van der Waals surface area (Å²) >= 11 is 4.11. The lowest BCUT2D eigenvalue weighted by Gasteiger charge is -2.64. The van der Waals surface area contributed by atoms with Gasteiger partial charge < -0.3 is 9.84 Å². The maximum atomic E-state index is 12.4. The third-order valence-corrected chi connectivity index (χ3v) is 11.4. The summed E-state index contributed by atoms with van der Waals surface area (Å²) in [6.45, 7) is 7.51. The lowest BCUT2D eigenvalue weighted by molar-refractivity contribution is -0.151. The van der Waals surface area contributed by atoms with E-state index >= 15 is 0 Å². The first kappa shape index (κ1) is 17.2. The molecule has 0 unspecified atom stereocenters. The van der Waals surface area contributed by atoms with Crippen molar-refractivity contribution in [2.75, 3.05) is 6.61 Å². The van der Waals surface area contributed by atoms with Gasteiger partial charge in [-0.2, -0.15) is 0 Å². The van der Waals surface area contributed by atoms with Crippen LogP contribution in [0.4, 0.5) is 0 Å². The van der Waals surface area contributed by atoms with Crippen LogP contribution >= 0.6 is 15.9 Å². The normalized spacial score (nSPS) is 63.1. The molecule has 0 spiro atoms. The van der Waals surface area contributed by atoms with E-state index in [9.17, 15) is 9.90 Å². The summed E-state index contributed by atoms with van der Waals surface area (Å²) in [7, 11) is 0. The Morgan fingerprint density at radius 2 is 1.92 bits per heavy atom. The molecular formula is C21H31BrO3. The Hall–Kier alpha value is 0.0700.